The first-order valence-corrected chi connectivity index (χ1v) is 11.5. The quantitative estimate of drug-likeness (QED) is 0.404. The van der Waals surface area contributed by atoms with Crippen LogP contribution in [-0.4, -0.2) is 19.7 Å². The van der Waals surface area contributed by atoms with Crippen molar-refractivity contribution in [2.24, 2.45) is 0 Å². The van der Waals surface area contributed by atoms with E-state index in [1.807, 2.05) is 36.4 Å². The predicted molar refractivity (Wildman–Crippen MR) is 125 cm³/mol. The van der Waals surface area contributed by atoms with Gasteiger partial charge in [0.15, 0.2) is 0 Å². The molecule has 2 atom stereocenters. The van der Waals surface area contributed by atoms with Gasteiger partial charge in [-0.2, -0.15) is 5.26 Å². The lowest BCUT2D eigenvalue weighted by Crippen LogP contribution is -2.09. The minimum atomic E-state index is -0.447. The molecule has 6 nitrogen and oxygen atoms in total. The van der Waals surface area contributed by atoms with Crippen LogP contribution in [0.2, 0.25) is 0 Å². The van der Waals surface area contributed by atoms with Crippen molar-refractivity contribution in [2.75, 3.05) is 13.7 Å². The lowest BCUT2D eigenvalue weighted by atomic mass is 9.98. The van der Waals surface area contributed by atoms with Gasteiger partial charge in [0.1, 0.15) is 34.9 Å². The molecule has 2 aliphatic rings. The molecular weight excluding hydrogens is 449 g/mol. The second-order valence-electron chi connectivity index (χ2n) is 8.65. The molecule has 0 aromatic heterocycles. The predicted octanol–water partition coefficient (Wildman–Crippen LogP) is 5.79. The molecule has 0 N–H and O–H groups in total. The molecule has 1 heterocycles. The summed E-state index contributed by atoms with van der Waals surface area (Å²) < 4.78 is 37.7. The van der Waals surface area contributed by atoms with Crippen LogP contribution in [0.5, 0.6) is 23.0 Å². The van der Waals surface area contributed by atoms with E-state index in [1.54, 1.807) is 12.1 Å². The largest absolute Gasteiger partial charge is 0.492 e. The number of benzene rings is 3. The second kappa shape index (κ2) is 9.67. The van der Waals surface area contributed by atoms with Crippen molar-refractivity contribution >= 4 is 5.97 Å². The highest BCUT2D eigenvalue weighted by Gasteiger charge is 2.32. The Labute approximate surface area is 202 Å². The fraction of sp³-hybridized carbons (Fsp3) is 0.286. The Balaban J connectivity index is 1.33. The van der Waals surface area contributed by atoms with E-state index in [2.05, 4.69) is 6.07 Å². The molecule has 0 amide bonds. The van der Waals surface area contributed by atoms with E-state index in [0.717, 1.165) is 16.7 Å². The summed E-state index contributed by atoms with van der Waals surface area (Å²) >= 11 is 0. The number of ether oxygens (including phenoxy) is 4. The number of methoxy groups -OCH3 is 1. The van der Waals surface area contributed by atoms with Gasteiger partial charge in [-0.25, -0.2) is 4.39 Å². The molecule has 3 aromatic carbocycles. The highest BCUT2D eigenvalue weighted by atomic mass is 19.1. The van der Waals surface area contributed by atoms with Crippen LogP contribution >= 0.6 is 0 Å². The van der Waals surface area contributed by atoms with Gasteiger partial charge >= 0.3 is 5.97 Å². The van der Waals surface area contributed by atoms with Gasteiger partial charge in [-0.05, 0) is 48.7 Å². The van der Waals surface area contributed by atoms with Gasteiger partial charge < -0.3 is 18.9 Å². The van der Waals surface area contributed by atoms with Crippen LogP contribution in [0.25, 0.3) is 0 Å². The average Bonchev–Trinajstić information content (AvgIpc) is 3.47. The summed E-state index contributed by atoms with van der Waals surface area (Å²) in [6.07, 6.45) is 1.40. The summed E-state index contributed by atoms with van der Waals surface area (Å²) in [4.78, 5) is 11.6. The molecular formula is C28H24FNO5. The summed E-state index contributed by atoms with van der Waals surface area (Å²) in [6, 6.07) is 18.0. The number of rotatable bonds is 7. The number of carbonyl (C=O) groups is 1. The van der Waals surface area contributed by atoms with Crippen LogP contribution in [0, 0.1) is 17.1 Å². The highest BCUT2D eigenvalue weighted by Crippen LogP contribution is 2.44. The van der Waals surface area contributed by atoms with E-state index in [9.17, 15) is 9.18 Å². The van der Waals surface area contributed by atoms with Gasteiger partial charge in [0, 0.05) is 28.7 Å². The SMILES string of the molecule is COC(=O)CC1COc2cc(O[C@@H]3CCc4c(Oc5ccc(CC#N)cc5)ccc(F)c43)ccc21. The highest BCUT2D eigenvalue weighted by molar-refractivity contribution is 5.71. The molecule has 0 fully saturated rings. The lowest BCUT2D eigenvalue weighted by molar-refractivity contribution is -0.141. The third kappa shape index (κ3) is 4.65. The number of hydrogen-bond donors (Lipinski definition) is 0. The van der Waals surface area contributed by atoms with E-state index in [0.29, 0.717) is 54.4 Å². The topological polar surface area (TPSA) is 77.8 Å². The third-order valence-corrected chi connectivity index (χ3v) is 6.46. The van der Waals surface area contributed by atoms with Gasteiger partial charge in [-0.1, -0.05) is 18.2 Å². The summed E-state index contributed by atoms with van der Waals surface area (Å²) in [7, 11) is 1.37. The lowest BCUT2D eigenvalue weighted by Gasteiger charge is -2.17. The van der Waals surface area contributed by atoms with Crippen molar-refractivity contribution in [3.05, 3.63) is 82.7 Å². The molecule has 35 heavy (non-hydrogen) atoms. The molecule has 0 saturated heterocycles. The van der Waals surface area contributed by atoms with Crippen molar-refractivity contribution < 1.29 is 28.1 Å². The maximum atomic E-state index is 14.9. The summed E-state index contributed by atoms with van der Waals surface area (Å²) in [5.41, 5.74) is 3.16. The fourth-order valence-electron chi connectivity index (χ4n) is 4.70. The Hall–Kier alpha value is -4.05. The number of halogens is 1. The maximum absolute atomic E-state index is 14.9. The van der Waals surface area contributed by atoms with Gasteiger partial charge in [-0.3, -0.25) is 4.79 Å². The molecule has 178 valence electrons. The number of hydrogen-bond acceptors (Lipinski definition) is 6. The first-order valence-electron chi connectivity index (χ1n) is 11.5. The first-order chi connectivity index (χ1) is 17.1. The number of esters is 1. The standard InChI is InChI=1S/C28H24FNO5/c1-32-27(31)14-18-16-33-26-15-20(6-7-21(18)26)35-25-10-8-22-24(11-9-23(29)28(22)25)34-19-4-2-17(3-5-19)12-13-30/h2-7,9,11,15,18,25H,8,10,12,14,16H2,1H3/t18?,25-/m1/s1. The van der Waals surface area contributed by atoms with E-state index >= 15 is 0 Å². The summed E-state index contributed by atoms with van der Waals surface area (Å²) in [5, 5.41) is 8.83. The minimum Gasteiger partial charge on any atom is -0.492 e. The van der Waals surface area contributed by atoms with Crippen LogP contribution < -0.4 is 14.2 Å². The second-order valence-corrected chi connectivity index (χ2v) is 8.65. The Morgan fingerprint density at radius 3 is 2.71 bits per heavy atom. The molecule has 7 heteroatoms. The molecule has 5 rings (SSSR count). The van der Waals surface area contributed by atoms with Crippen molar-refractivity contribution in [1.82, 2.24) is 0 Å². The van der Waals surface area contributed by atoms with Crippen molar-refractivity contribution in [2.45, 2.75) is 37.7 Å². The van der Waals surface area contributed by atoms with E-state index < -0.39 is 6.10 Å². The number of fused-ring (bicyclic) bond motifs is 2. The average molecular weight is 474 g/mol. The number of carbonyl (C=O) groups excluding carboxylic acids is 1. The maximum Gasteiger partial charge on any atom is 0.306 e. The molecule has 1 aliphatic carbocycles. The van der Waals surface area contributed by atoms with E-state index in [-0.39, 0.29) is 24.1 Å². The normalized spacial score (nSPS) is 17.6. The molecule has 0 saturated carbocycles. The fourth-order valence-corrected chi connectivity index (χ4v) is 4.70. The van der Waals surface area contributed by atoms with Crippen LogP contribution in [0.1, 0.15) is 47.1 Å². The monoisotopic (exact) mass is 473 g/mol. The first kappa shape index (κ1) is 22.7. The van der Waals surface area contributed by atoms with Crippen molar-refractivity contribution in [1.29, 1.82) is 5.26 Å². The van der Waals surface area contributed by atoms with Crippen LogP contribution in [0.3, 0.4) is 0 Å². The Kier molecular flexibility index (Phi) is 6.28. The van der Waals surface area contributed by atoms with E-state index in [1.165, 1.54) is 13.2 Å². The van der Waals surface area contributed by atoms with Gasteiger partial charge in [0.25, 0.3) is 0 Å². The number of nitriles is 1. The molecule has 1 aliphatic heterocycles. The summed E-state index contributed by atoms with van der Waals surface area (Å²) in [5.74, 6) is 1.83. The van der Waals surface area contributed by atoms with Crippen molar-refractivity contribution in [3.8, 4) is 29.1 Å². The van der Waals surface area contributed by atoms with Gasteiger partial charge in [0.2, 0.25) is 0 Å². The Bertz CT molecular complexity index is 1300. The molecule has 0 bridgehead atoms. The molecule has 0 spiro atoms. The number of nitrogens with zero attached hydrogens (tertiary/aromatic N) is 1. The Morgan fingerprint density at radius 2 is 1.94 bits per heavy atom. The zero-order valence-corrected chi connectivity index (χ0v) is 19.3. The minimum absolute atomic E-state index is 0.0511. The molecule has 0 radical (unpaired) electrons. The summed E-state index contributed by atoms with van der Waals surface area (Å²) in [6.45, 7) is 0.410. The Morgan fingerprint density at radius 1 is 1.14 bits per heavy atom. The van der Waals surface area contributed by atoms with E-state index in [4.69, 9.17) is 24.2 Å². The van der Waals surface area contributed by atoms with Gasteiger partial charge in [0.05, 0.1) is 32.6 Å². The van der Waals surface area contributed by atoms with Gasteiger partial charge in [-0.15, -0.1) is 0 Å². The van der Waals surface area contributed by atoms with Crippen LogP contribution in [0.15, 0.2) is 54.6 Å². The van der Waals surface area contributed by atoms with Crippen LogP contribution in [-0.2, 0) is 22.4 Å². The zero-order chi connectivity index (χ0) is 24.4. The third-order valence-electron chi connectivity index (χ3n) is 6.46. The molecule has 3 aromatic rings. The molecule has 1 unspecified atom stereocenters. The zero-order valence-electron chi connectivity index (χ0n) is 19.3. The smallest absolute Gasteiger partial charge is 0.306 e. The van der Waals surface area contributed by atoms with Crippen molar-refractivity contribution in [3.63, 3.8) is 0 Å². The van der Waals surface area contributed by atoms with Crippen LogP contribution in [0.4, 0.5) is 4.39 Å².